The van der Waals surface area contributed by atoms with E-state index in [4.69, 9.17) is 21.1 Å². The first kappa shape index (κ1) is 26.3. The van der Waals surface area contributed by atoms with Crippen LogP contribution in [-0.2, 0) is 11.3 Å². The SMILES string of the molecule is Cc1c(C#N)c(O)n(CCCOCCOc2ccccc2)c(=O)c1N=Nc1ccc(Cl)cc1[N+](=O)[O-]. The fourth-order valence-corrected chi connectivity index (χ4v) is 3.42. The lowest BCUT2D eigenvalue weighted by atomic mass is 10.1. The van der Waals surface area contributed by atoms with E-state index in [1.54, 1.807) is 0 Å². The summed E-state index contributed by atoms with van der Waals surface area (Å²) in [6.45, 7) is 2.42. The van der Waals surface area contributed by atoms with Crippen LogP contribution in [0.4, 0.5) is 17.1 Å². The summed E-state index contributed by atoms with van der Waals surface area (Å²) in [5, 5.41) is 39.1. The standard InChI is InChI=1S/C24H22ClN5O6/c1-16-19(15-26)23(31)29(10-5-11-35-12-13-36-18-6-3-2-4-7-18)24(32)22(16)28-27-20-9-8-17(25)14-21(20)30(33)34/h2-4,6-9,14,31H,5,10-13H2,1H3. The molecule has 0 saturated carbocycles. The molecule has 0 fully saturated rings. The lowest BCUT2D eigenvalue weighted by Crippen LogP contribution is -2.22. The summed E-state index contributed by atoms with van der Waals surface area (Å²) in [6.07, 6.45) is 0.353. The summed E-state index contributed by atoms with van der Waals surface area (Å²) in [5.74, 6) is 0.232. The number of aromatic hydroxyl groups is 1. The highest BCUT2D eigenvalue weighted by atomic mass is 35.5. The highest BCUT2D eigenvalue weighted by Crippen LogP contribution is 2.32. The van der Waals surface area contributed by atoms with Crippen LogP contribution in [0.5, 0.6) is 11.6 Å². The Hall–Kier alpha value is -4.27. The number of nitriles is 1. The molecule has 1 N–H and O–H groups in total. The average molecular weight is 512 g/mol. The lowest BCUT2D eigenvalue weighted by Gasteiger charge is -2.13. The van der Waals surface area contributed by atoms with Gasteiger partial charge in [0, 0.05) is 29.8 Å². The average Bonchev–Trinajstić information content (AvgIpc) is 2.86. The lowest BCUT2D eigenvalue weighted by molar-refractivity contribution is -0.384. The Kier molecular flexibility index (Phi) is 9.10. The number of para-hydroxylation sites is 1. The molecule has 2 aromatic carbocycles. The maximum atomic E-state index is 13.0. The van der Waals surface area contributed by atoms with Crippen LogP contribution in [0.15, 0.2) is 63.6 Å². The zero-order valence-corrected chi connectivity index (χ0v) is 20.0. The van der Waals surface area contributed by atoms with Gasteiger partial charge in [0.1, 0.15) is 24.0 Å². The number of ether oxygens (including phenoxy) is 2. The van der Waals surface area contributed by atoms with Crippen LogP contribution in [0, 0.1) is 28.4 Å². The molecule has 0 amide bonds. The van der Waals surface area contributed by atoms with Gasteiger partial charge in [-0.25, -0.2) is 0 Å². The second-order valence-corrected chi connectivity index (χ2v) is 7.89. The van der Waals surface area contributed by atoms with E-state index in [2.05, 4.69) is 10.2 Å². The molecule has 186 valence electrons. The first-order valence-electron chi connectivity index (χ1n) is 10.8. The topological polar surface area (TPSA) is 152 Å². The Morgan fingerprint density at radius 3 is 2.61 bits per heavy atom. The molecule has 36 heavy (non-hydrogen) atoms. The van der Waals surface area contributed by atoms with Gasteiger partial charge in [0.15, 0.2) is 11.4 Å². The van der Waals surface area contributed by atoms with Gasteiger partial charge in [-0.1, -0.05) is 29.8 Å². The first-order valence-corrected chi connectivity index (χ1v) is 11.2. The van der Waals surface area contributed by atoms with Crippen molar-refractivity contribution in [3.63, 3.8) is 0 Å². The number of halogens is 1. The van der Waals surface area contributed by atoms with Gasteiger partial charge < -0.3 is 14.6 Å². The van der Waals surface area contributed by atoms with Gasteiger partial charge in [-0.3, -0.25) is 19.5 Å². The number of aromatic nitrogens is 1. The summed E-state index contributed by atoms with van der Waals surface area (Å²) in [5.41, 5.74) is -1.47. The van der Waals surface area contributed by atoms with E-state index in [0.717, 1.165) is 16.4 Å². The number of hydrogen-bond donors (Lipinski definition) is 1. The van der Waals surface area contributed by atoms with E-state index in [1.165, 1.54) is 19.1 Å². The Bertz CT molecular complexity index is 1370. The van der Waals surface area contributed by atoms with Crippen LogP contribution < -0.4 is 10.3 Å². The zero-order chi connectivity index (χ0) is 26.1. The van der Waals surface area contributed by atoms with Gasteiger partial charge in [0.25, 0.3) is 11.2 Å². The molecule has 0 unspecified atom stereocenters. The summed E-state index contributed by atoms with van der Waals surface area (Å²) in [6, 6.07) is 14.9. The van der Waals surface area contributed by atoms with Crippen LogP contribution in [0.2, 0.25) is 5.02 Å². The Balaban J connectivity index is 1.72. The molecule has 0 aliphatic heterocycles. The predicted molar refractivity (Wildman–Crippen MR) is 131 cm³/mol. The number of pyridine rings is 1. The minimum atomic E-state index is -0.697. The Labute approximate surface area is 211 Å². The predicted octanol–water partition coefficient (Wildman–Crippen LogP) is 5.20. The highest BCUT2D eigenvalue weighted by molar-refractivity contribution is 6.30. The molecule has 3 rings (SSSR count). The van der Waals surface area contributed by atoms with Crippen LogP contribution in [0.25, 0.3) is 0 Å². The van der Waals surface area contributed by atoms with E-state index in [0.29, 0.717) is 19.6 Å². The van der Waals surface area contributed by atoms with Crippen molar-refractivity contribution in [2.45, 2.75) is 19.9 Å². The van der Waals surface area contributed by atoms with E-state index in [-0.39, 0.29) is 40.7 Å². The van der Waals surface area contributed by atoms with Crippen LogP contribution >= 0.6 is 11.6 Å². The molecule has 0 saturated heterocycles. The van der Waals surface area contributed by atoms with Crippen LogP contribution in [0.1, 0.15) is 17.5 Å². The number of benzene rings is 2. The number of nitro groups is 1. The number of nitrogens with zero attached hydrogens (tertiary/aromatic N) is 5. The number of azo groups is 1. The molecule has 0 bridgehead atoms. The first-order chi connectivity index (χ1) is 17.3. The van der Waals surface area contributed by atoms with Crippen molar-refractivity contribution in [1.29, 1.82) is 5.26 Å². The van der Waals surface area contributed by atoms with E-state index >= 15 is 0 Å². The number of nitro benzene ring substituents is 1. The van der Waals surface area contributed by atoms with E-state index in [1.807, 2.05) is 36.4 Å². The number of hydrogen-bond acceptors (Lipinski definition) is 9. The van der Waals surface area contributed by atoms with Crippen molar-refractivity contribution >= 4 is 28.7 Å². The molecule has 0 atom stereocenters. The number of rotatable bonds is 11. The molecule has 3 aromatic rings. The Morgan fingerprint density at radius 1 is 1.17 bits per heavy atom. The molecule has 11 nitrogen and oxygen atoms in total. The zero-order valence-electron chi connectivity index (χ0n) is 19.3. The van der Waals surface area contributed by atoms with Gasteiger partial charge in [-0.05, 0) is 37.6 Å². The molecule has 0 spiro atoms. The molecular weight excluding hydrogens is 490 g/mol. The molecular formula is C24H22ClN5O6. The monoisotopic (exact) mass is 511 g/mol. The fraction of sp³-hybridized carbons (Fsp3) is 0.250. The summed E-state index contributed by atoms with van der Waals surface area (Å²) in [4.78, 5) is 23.6. The third-order valence-corrected chi connectivity index (χ3v) is 5.31. The fourth-order valence-electron chi connectivity index (χ4n) is 3.26. The summed E-state index contributed by atoms with van der Waals surface area (Å²) >= 11 is 5.81. The quantitative estimate of drug-likeness (QED) is 0.161. The second kappa shape index (κ2) is 12.4. The van der Waals surface area contributed by atoms with Crippen molar-refractivity contribution in [2.75, 3.05) is 19.8 Å². The highest BCUT2D eigenvalue weighted by Gasteiger charge is 2.20. The normalized spacial score (nSPS) is 10.9. The minimum absolute atomic E-state index is 0.0444. The molecule has 0 aliphatic rings. The van der Waals surface area contributed by atoms with Gasteiger partial charge >= 0.3 is 0 Å². The van der Waals surface area contributed by atoms with Gasteiger partial charge in [-0.2, -0.15) is 5.26 Å². The van der Waals surface area contributed by atoms with Crippen molar-refractivity contribution in [1.82, 2.24) is 4.57 Å². The minimum Gasteiger partial charge on any atom is -0.493 e. The largest absolute Gasteiger partial charge is 0.493 e. The Morgan fingerprint density at radius 2 is 1.92 bits per heavy atom. The maximum absolute atomic E-state index is 13.0. The maximum Gasteiger partial charge on any atom is 0.298 e. The third-order valence-electron chi connectivity index (χ3n) is 5.07. The third kappa shape index (κ3) is 6.44. The van der Waals surface area contributed by atoms with Gasteiger partial charge in [-0.15, -0.1) is 10.2 Å². The van der Waals surface area contributed by atoms with Gasteiger partial charge in [0.2, 0.25) is 5.88 Å². The second-order valence-electron chi connectivity index (χ2n) is 7.46. The van der Waals surface area contributed by atoms with Crippen molar-refractivity contribution in [2.24, 2.45) is 10.2 Å². The summed E-state index contributed by atoms with van der Waals surface area (Å²) in [7, 11) is 0. The van der Waals surface area contributed by atoms with Crippen LogP contribution in [0.3, 0.4) is 0 Å². The molecule has 0 aliphatic carbocycles. The van der Waals surface area contributed by atoms with Crippen molar-refractivity contribution in [3.05, 3.63) is 85.1 Å². The van der Waals surface area contributed by atoms with Crippen molar-refractivity contribution in [3.8, 4) is 17.7 Å². The molecule has 1 aromatic heterocycles. The molecule has 0 radical (unpaired) electrons. The summed E-state index contributed by atoms with van der Waals surface area (Å²) < 4.78 is 12.0. The van der Waals surface area contributed by atoms with Crippen molar-refractivity contribution < 1.29 is 19.5 Å². The van der Waals surface area contributed by atoms with Gasteiger partial charge in [0.05, 0.1) is 11.5 Å². The smallest absolute Gasteiger partial charge is 0.298 e. The molecule has 1 heterocycles. The molecule has 12 heteroatoms. The van der Waals surface area contributed by atoms with E-state index < -0.39 is 22.0 Å². The van der Waals surface area contributed by atoms with E-state index in [9.17, 15) is 25.3 Å². The van der Waals surface area contributed by atoms with Crippen LogP contribution in [-0.4, -0.2) is 34.4 Å².